The maximum absolute atomic E-state index is 11.9. The molecular formula is C13H17NO3. The van der Waals surface area contributed by atoms with Gasteiger partial charge in [0.1, 0.15) is 0 Å². The summed E-state index contributed by atoms with van der Waals surface area (Å²) in [5.74, 6) is 0.698. The third kappa shape index (κ3) is 2.26. The largest absolute Gasteiger partial charge is 0.449 e. The van der Waals surface area contributed by atoms with E-state index < -0.39 is 5.79 Å². The number of fused-ring (bicyclic) bond motifs is 1. The van der Waals surface area contributed by atoms with Gasteiger partial charge in [0.05, 0.1) is 0 Å². The Kier molecular flexibility index (Phi) is 2.83. The van der Waals surface area contributed by atoms with E-state index >= 15 is 0 Å². The Morgan fingerprint density at radius 3 is 2.47 bits per heavy atom. The molecule has 1 heterocycles. The molecule has 0 saturated heterocycles. The van der Waals surface area contributed by atoms with E-state index in [1.165, 1.54) is 0 Å². The fourth-order valence-corrected chi connectivity index (χ4v) is 1.94. The van der Waals surface area contributed by atoms with Crippen LogP contribution in [0.4, 0.5) is 0 Å². The summed E-state index contributed by atoms with van der Waals surface area (Å²) in [5, 5.41) is 0. The smallest absolute Gasteiger partial charge is 0.246 e. The highest BCUT2D eigenvalue weighted by Crippen LogP contribution is 2.41. The number of hydrogen-bond acceptors (Lipinski definition) is 4. The summed E-state index contributed by atoms with van der Waals surface area (Å²) in [6, 6.07) is 3.59. The zero-order valence-electron chi connectivity index (χ0n) is 10.4. The van der Waals surface area contributed by atoms with Crippen LogP contribution in [-0.2, 0) is 0 Å². The van der Waals surface area contributed by atoms with Gasteiger partial charge in [0.25, 0.3) is 0 Å². The van der Waals surface area contributed by atoms with Gasteiger partial charge in [-0.3, -0.25) is 4.79 Å². The molecule has 17 heavy (non-hydrogen) atoms. The van der Waals surface area contributed by atoms with Crippen molar-refractivity contribution in [3.05, 3.63) is 23.3 Å². The first kappa shape index (κ1) is 11.9. The number of hydrogen-bond donors (Lipinski definition) is 1. The number of benzene rings is 1. The number of Topliss-reactive ketones (excluding diaryl/α,β-unsaturated/α-hetero) is 1. The Morgan fingerprint density at radius 1 is 1.29 bits per heavy atom. The second kappa shape index (κ2) is 4.04. The van der Waals surface area contributed by atoms with Gasteiger partial charge in [0.15, 0.2) is 17.3 Å². The van der Waals surface area contributed by atoms with E-state index in [2.05, 4.69) is 0 Å². The van der Waals surface area contributed by atoms with Crippen LogP contribution in [0, 0.1) is 6.92 Å². The van der Waals surface area contributed by atoms with Gasteiger partial charge in [0.2, 0.25) is 5.79 Å². The SMILES string of the molecule is Cc1cc2c(cc1C(=O)CCN)OC(C)(C)O2. The fraction of sp³-hybridized carbons (Fsp3) is 0.462. The van der Waals surface area contributed by atoms with E-state index in [0.717, 1.165) is 5.56 Å². The van der Waals surface area contributed by atoms with E-state index in [9.17, 15) is 4.79 Å². The summed E-state index contributed by atoms with van der Waals surface area (Å²) in [5.41, 5.74) is 6.95. The predicted molar refractivity (Wildman–Crippen MR) is 64.5 cm³/mol. The number of nitrogens with two attached hydrogens (primary N) is 1. The highest BCUT2D eigenvalue weighted by molar-refractivity contribution is 5.98. The molecule has 1 aromatic carbocycles. The van der Waals surface area contributed by atoms with Crippen molar-refractivity contribution in [2.75, 3.05) is 6.54 Å². The van der Waals surface area contributed by atoms with E-state index in [1.807, 2.05) is 26.8 Å². The van der Waals surface area contributed by atoms with Crippen LogP contribution in [0.25, 0.3) is 0 Å². The number of ether oxygens (including phenoxy) is 2. The molecule has 1 aliphatic heterocycles. The lowest BCUT2D eigenvalue weighted by Crippen LogP contribution is -2.29. The minimum atomic E-state index is -0.662. The highest BCUT2D eigenvalue weighted by Gasteiger charge is 2.32. The van der Waals surface area contributed by atoms with Crippen molar-refractivity contribution in [2.45, 2.75) is 33.0 Å². The lowest BCUT2D eigenvalue weighted by atomic mass is 10.0. The zero-order chi connectivity index (χ0) is 12.6. The molecule has 4 heteroatoms. The monoisotopic (exact) mass is 235 g/mol. The van der Waals surface area contributed by atoms with E-state index in [-0.39, 0.29) is 5.78 Å². The number of ketones is 1. The third-order valence-corrected chi connectivity index (χ3v) is 2.67. The molecule has 4 nitrogen and oxygen atoms in total. The zero-order valence-corrected chi connectivity index (χ0v) is 10.4. The van der Waals surface area contributed by atoms with Crippen molar-refractivity contribution in [2.24, 2.45) is 5.73 Å². The maximum Gasteiger partial charge on any atom is 0.246 e. The van der Waals surface area contributed by atoms with E-state index in [0.29, 0.717) is 30.0 Å². The first-order valence-corrected chi connectivity index (χ1v) is 5.69. The molecule has 0 spiro atoms. The number of rotatable bonds is 3. The van der Waals surface area contributed by atoms with Crippen LogP contribution in [0.2, 0.25) is 0 Å². The molecular weight excluding hydrogens is 218 g/mol. The second-order valence-corrected chi connectivity index (χ2v) is 4.68. The molecule has 2 rings (SSSR count). The molecule has 0 fully saturated rings. The minimum Gasteiger partial charge on any atom is -0.449 e. The predicted octanol–water partition coefficient (Wildman–Crippen LogP) is 2.03. The summed E-state index contributed by atoms with van der Waals surface area (Å²) in [6.07, 6.45) is 0.351. The third-order valence-electron chi connectivity index (χ3n) is 2.67. The Bertz CT molecular complexity index is 466. The molecule has 0 radical (unpaired) electrons. The Morgan fingerprint density at radius 2 is 1.88 bits per heavy atom. The summed E-state index contributed by atoms with van der Waals surface area (Å²) in [6.45, 7) is 5.92. The second-order valence-electron chi connectivity index (χ2n) is 4.68. The van der Waals surface area contributed by atoms with Gasteiger partial charge in [-0.15, -0.1) is 0 Å². The van der Waals surface area contributed by atoms with Crippen molar-refractivity contribution < 1.29 is 14.3 Å². The first-order valence-electron chi connectivity index (χ1n) is 5.69. The Labute approximate surface area is 101 Å². The number of carbonyl (C=O) groups is 1. The van der Waals surface area contributed by atoms with Gasteiger partial charge in [0, 0.05) is 25.8 Å². The van der Waals surface area contributed by atoms with Crippen LogP contribution >= 0.6 is 0 Å². The first-order chi connectivity index (χ1) is 7.93. The molecule has 92 valence electrons. The molecule has 0 amide bonds. The van der Waals surface area contributed by atoms with Crippen molar-refractivity contribution >= 4 is 5.78 Å². The summed E-state index contributed by atoms with van der Waals surface area (Å²) < 4.78 is 11.2. The lowest BCUT2D eigenvalue weighted by molar-refractivity contribution is -0.0431. The molecule has 0 aromatic heterocycles. The molecule has 1 aliphatic rings. The molecule has 0 aliphatic carbocycles. The summed E-state index contributed by atoms with van der Waals surface area (Å²) >= 11 is 0. The molecule has 0 unspecified atom stereocenters. The van der Waals surface area contributed by atoms with Crippen molar-refractivity contribution in [1.82, 2.24) is 0 Å². The molecule has 2 N–H and O–H groups in total. The van der Waals surface area contributed by atoms with Crippen LogP contribution in [0.15, 0.2) is 12.1 Å². The van der Waals surface area contributed by atoms with Gasteiger partial charge >= 0.3 is 0 Å². The maximum atomic E-state index is 11.9. The quantitative estimate of drug-likeness (QED) is 0.814. The fourth-order valence-electron chi connectivity index (χ4n) is 1.94. The average molecular weight is 235 g/mol. The van der Waals surface area contributed by atoms with Crippen LogP contribution in [0.3, 0.4) is 0 Å². The average Bonchev–Trinajstić information content (AvgIpc) is 2.50. The normalized spacial score (nSPS) is 16.0. The topological polar surface area (TPSA) is 61.6 Å². The van der Waals surface area contributed by atoms with Gasteiger partial charge in [-0.25, -0.2) is 0 Å². The van der Waals surface area contributed by atoms with Crippen molar-refractivity contribution in [3.8, 4) is 11.5 Å². The number of aryl methyl sites for hydroxylation is 1. The van der Waals surface area contributed by atoms with E-state index in [4.69, 9.17) is 15.2 Å². The highest BCUT2D eigenvalue weighted by atomic mass is 16.7. The summed E-state index contributed by atoms with van der Waals surface area (Å²) in [7, 11) is 0. The van der Waals surface area contributed by atoms with Crippen LogP contribution < -0.4 is 15.2 Å². The van der Waals surface area contributed by atoms with Crippen LogP contribution in [0.5, 0.6) is 11.5 Å². The Hall–Kier alpha value is -1.55. The number of carbonyl (C=O) groups excluding carboxylic acids is 1. The van der Waals surface area contributed by atoms with Crippen molar-refractivity contribution in [3.63, 3.8) is 0 Å². The van der Waals surface area contributed by atoms with Gasteiger partial charge in [-0.05, 0) is 31.2 Å². The van der Waals surface area contributed by atoms with Gasteiger partial charge in [-0.1, -0.05) is 0 Å². The molecule has 1 aromatic rings. The van der Waals surface area contributed by atoms with Crippen LogP contribution in [-0.4, -0.2) is 18.1 Å². The molecule has 0 bridgehead atoms. The van der Waals surface area contributed by atoms with E-state index in [1.54, 1.807) is 6.07 Å². The Balaban J connectivity index is 2.37. The molecule has 0 atom stereocenters. The van der Waals surface area contributed by atoms with Crippen LogP contribution in [0.1, 0.15) is 36.2 Å². The summed E-state index contributed by atoms with van der Waals surface area (Å²) in [4.78, 5) is 11.9. The molecule has 0 saturated carbocycles. The standard InChI is InChI=1S/C13H17NO3/c1-8-6-11-12(17-13(2,3)16-11)7-9(8)10(15)4-5-14/h6-7H,4-5,14H2,1-3H3. The van der Waals surface area contributed by atoms with Crippen molar-refractivity contribution in [1.29, 1.82) is 0 Å². The van der Waals surface area contributed by atoms with Gasteiger partial charge in [-0.2, -0.15) is 0 Å². The van der Waals surface area contributed by atoms with Gasteiger partial charge < -0.3 is 15.2 Å². The lowest BCUT2D eigenvalue weighted by Gasteiger charge is -2.16. The minimum absolute atomic E-state index is 0.0427.